The van der Waals surface area contributed by atoms with Crippen molar-refractivity contribution in [3.63, 3.8) is 0 Å². The highest BCUT2D eigenvalue weighted by Crippen LogP contribution is 2.29. The molecule has 36 heavy (non-hydrogen) atoms. The standard InChI is InChI=1S/C25H28F3N4O3S/c1-3-31(18-9-5-4-6-10-18)24(33)32-21-12-8-7-11-19(21)30-23(32)36(34)15-20-17(2)22(13-14-29-20)35-16-25(26,27)28/h7-8,11-14,18H,1,3-6,9-10,15-16H2,2H3/t36-/m1/s1. The van der Waals surface area contributed by atoms with Crippen molar-refractivity contribution < 1.29 is 27.3 Å². The Bertz CT molecular complexity index is 1210. The number of para-hydroxylation sites is 2. The average Bonchev–Trinajstić information content (AvgIpc) is 3.25. The number of carbonyl (C=O) groups excluding carboxylic acids is 1. The summed E-state index contributed by atoms with van der Waals surface area (Å²) in [6, 6.07) is 8.11. The summed E-state index contributed by atoms with van der Waals surface area (Å²) in [4.78, 5) is 24.2. The van der Waals surface area contributed by atoms with Crippen LogP contribution in [0.25, 0.3) is 11.0 Å². The van der Waals surface area contributed by atoms with Crippen molar-refractivity contribution in [3.8, 4) is 5.75 Å². The van der Waals surface area contributed by atoms with Crippen molar-refractivity contribution in [2.24, 2.45) is 0 Å². The molecule has 2 heterocycles. The minimum Gasteiger partial charge on any atom is -0.609 e. The molecule has 2 aromatic heterocycles. The van der Waals surface area contributed by atoms with Crippen molar-refractivity contribution in [2.45, 2.75) is 62.2 Å². The van der Waals surface area contributed by atoms with Crippen molar-refractivity contribution in [1.29, 1.82) is 0 Å². The molecule has 0 bridgehead atoms. The third-order valence-electron chi connectivity index (χ3n) is 6.34. The summed E-state index contributed by atoms with van der Waals surface area (Å²) in [6.45, 7) is 4.35. The summed E-state index contributed by atoms with van der Waals surface area (Å²) in [5.74, 6) is -0.126. The highest BCUT2D eigenvalue weighted by molar-refractivity contribution is 7.90. The van der Waals surface area contributed by atoms with E-state index in [0.29, 0.717) is 22.3 Å². The van der Waals surface area contributed by atoms with Gasteiger partial charge >= 0.3 is 17.4 Å². The van der Waals surface area contributed by atoms with Crippen molar-refractivity contribution in [2.75, 3.05) is 13.2 Å². The van der Waals surface area contributed by atoms with Crippen molar-refractivity contribution in [1.82, 2.24) is 19.4 Å². The number of hydrogen-bond acceptors (Lipinski definition) is 5. The molecule has 0 aliphatic heterocycles. The SMILES string of the molecule is [CH2]CN(C(=O)n1c([S@+]([O-])Cc2nccc(OCC(F)(F)F)c2C)nc2ccccc21)C1CCCCC1. The van der Waals surface area contributed by atoms with Gasteiger partial charge in [-0.2, -0.15) is 18.2 Å². The fraction of sp³-hybridized carbons (Fsp3) is 0.440. The number of pyridine rings is 1. The lowest BCUT2D eigenvalue weighted by Gasteiger charge is -2.33. The number of fused-ring (bicyclic) bond motifs is 1. The number of carbonyl (C=O) groups is 1. The second-order valence-electron chi connectivity index (χ2n) is 8.76. The lowest BCUT2D eigenvalue weighted by Crippen LogP contribution is -2.44. The number of ether oxygens (including phenoxy) is 1. The molecule has 0 saturated heterocycles. The summed E-state index contributed by atoms with van der Waals surface area (Å²) in [6.07, 6.45) is 1.82. The van der Waals surface area contributed by atoms with Crippen LogP contribution in [0, 0.1) is 13.8 Å². The Morgan fingerprint density at radius 3 is 2.67 bits per heavy atom. The van der Waals surface area contributed by atoms with E-state index in [1.807, 2.05) is 0 Å². The molecule has 193 valence electrons. The topological polar surface area (TPSA) is 83.3 Å². The molecule has 1 aliphatic carbocycles. The number of benzene rings is 1. The molecule has 1 aromatic carbocycles. The highest BCUT2D eigenvalue weighted by atomic mass is 32.2. The largest absolute Gasteiger partial charge is 0.609 e. The van der Waals surface area contributed by atoms with Gasteiger partial charge in [-0.05, 0) is 44.9 Å². The fourth-order valence-electron chi connectivity index (χ4n) is 4.51. The summed E-state index contributed by atoms with van der Waals surface area (Å²) < 4.78 is 57.7. The van der Waals surface area contributed by atoms with E-state index in [1.165, 1.54) is 16.8 Å². The Hall–Kier alpha value is -2.79. The van der Waals surface area contributed by atoms with Crippen LogP contribution in [-0.4, -0.2) is 55.4 Å². The van der Waals surface area contributed by atoms with Gasteiger partial charge in [0.15, 0.2) is 12.4 Å². The van der Waals surface area contributed by atoms with E-state index in [0.717, 1.165) is 32.1 Å². The van der Waals surface area contributed by atoms with Gasteiger partial charge in [-0.1, -0.05) is 31.4 Å². The molecule has 0 spiro atoms. The predicted octanol–water partition coefficient (Wildman–Crippen LogP) is 5.43. The van der Waals surface area contributed by atoms with Gasteiger partial charge in [-0.25, -0.2) is 9.36 Å². The van der Waals surface area contributed by atoms with Crippen LogP contribution < -0.4 is 4.74 Å². The maximum atomic E-state index is 13.8. The second-order valence-corrected chi connectivity index (χ2v) is 10.1. The van der Waals surface area contributed by atoms with Crippen LogP contribution in [0.2, 0.25) is 0 Å². The highest BCUT2D eigenvalue weighted by Gasteiger charge is 2.33. The van der Waals surface area contributed by atoms with Crippen molar-refractivity contribution in [3.05, 3.63) is 54.7 Å². The first-order valence-electron chi connectivity index (χ1n) is 11.8. The molecule has 0 unspecified atom stereocenters. The molecule has 1 atom stereocenters. The quantitative estimate of drug-likeness (QED) is 0.388. The Morgan fingerprint density at radius 2 is 1.97 bits per heavy atom. The van der Waals surface area contributed by atoms with E-state index >= 15 is 0 Å². The molecule has 3 aromatic rings. The number of amides is 1. The number of rotatable bonds is 7. The maximum absolute atomic E-state index is 13.8. The van der Waals surface area contributed by atoms with Gasteiger partial charge in [-0.3, -0.25) is 4.98 Å². The molecule has 1 fully saturated rings. The molecular formula is C25H28F3N4O3S. The Morgan fingerprint density at radius 1 is 1.25 bits per heavy atom. The van der Waals surface area contributed by atoms with Crippen molar-refractivity contribution >= 4 is 28.2 Å². The normalized spacial score (nSPS) is 15.7. The zero-order valence-electron chi connectivity index (χ0n) is 20.0. The number of aromatic nitrogens is 3. The van der Waals surface area contributed by atoms with Gasteiger partial charge in [0.2, 0.25) is 0 Å². The van der Waals surface area contributed by atoms with Crippen LogP contribution >= 0.6 is 0 Å². The van der Waals surface area contributed by atoms with Crippen LogP contribution in [0.5, 0.6) is 5.75 Å². The molecule has 4 rings (SSSR count). The van der Waals surface area contributed by atoms with Crippen LogP contribution in [0.4, 0.5) is 18.0 Å². The fourth-order valence-corrected chi connectivity index (χ4v) is 5.75. The third kappa shape index (κ3) is 5.78. The minimum absolute atomic E-state index is 0.0134. The lowest BCUT2D eigenvalue weighted by atomic mass is 9.94. The second kappa shape index (κ2) is 11.1. The molecular weight excluding hydrogens is 493 g/mol. The predicted molar refractivity (Wildman–Crippen MR) is 130 cm³/mol. The van der Waals surface area contributed by atoms with Gasteiger partial charge < -0.3 is 14.2 Å². The summed E-state index contributed by atoms with van der Waals surface area (Å²) in [5.41, 5.74) is 1.71. The van der Waals surface area contributed by atoms with Gasteiger partial charge in [0.25, 0.3) is 0 Å². The molecule has 7 nitrogen and oxygen atoms in total. The molecule has 0 N–H and O–H groups in total. The molecule has 11 heteroatoms. The zero-order valence-corrected chi connectivity index (χ0v) is 20.8. The zero-order chi connectivity index (χ0) is 25.9. The number of imidazole rings is 1. The molecule has 1 amide bonds. The van der Waals surface area contributed by atoms with Gasteiger partial charge in [0.05, 0.1) is 16.7 Å². The van der Waals surface area contributed by atoms with E-state index in [4.69, 9.17) is 4.74 Å². The Labute approximate surface area is 210 Å². The Kier molecular flexibility index (Phi) is 8.09. The Balaban J connectivity index is 1.65. The van der Waals surface area contributed by atoms with Crippen LogP contribution in [0.1, 0.15) is 43.4 Å². The van der Waals surface area contributed by atoms with E-state index in [1.54, 1.807) is 36.1 Å². The number of halogens is 3. The summed E-state index contributed by atoms with van der Waals surface area (Å²) in [5, 5.41) is 0.0678. The number of alkyl halides is 3. The van der Waals surface area contributed by atoms with Crippen LogP contribution in [0.15, 0.2) is 41.7 Å². The van der Waals surface area contributed by atoms with Gasteiger partial charge in [-0.15, -0.1) is 0 Å². The monoisotopic (exact) mass is 521 g/mol. The number of nitrogens with zero attached hydrogens (tertiary/aromatic N) is 4. The number of hydrogen-bond donors (Lipinski definition) is 0. The molecule has 1 aliphatic rings. The van der Waals surface area contributed by atoms with Gasteiger partial charge in [0, 0.05) is 35.5 Å². The average molecular weight is 522 g/mol. The summed E-state index contributed by atoms with van der Waals surface area (Å²) in [7, 11) is 0. The molecule has 1 radical (unpaired) electrons. The van der Waals surface area contributed by atoms with E-state index in [-0.39, 0.29) is 35.3 Å². The first-order chi connectivity index (χ1) is 17.2. The smallest absolute Gasteiger partial charge is 0.422 e. The molecule has 1 saturated carbocycles. The van der Waals surface area contributed by atoms with Gasteiger partial charge in [0.1, 0.15) is 5.75 Å². The summed E-state index contributed by atoms with van der Waals surface area (Å²) >= 11 is -1.82. The maximum Gasteiger partial charge on any atom is 0.422 e. The lowest BCUT2D eigenvalue weighted by molar-refractivity contribution is -0.153. The van der Waals surface area contributed by atoms with E-state index < -0.39 is 24.0 Å². The van der Waals surface area contributed by atoms with E-state index in [9.17, 15) is 22.5 Å². The minimum atomic E-state index is -4.48. The first-order valence-corrected chi connectivity index (χ1v) is 13.1. The van der Waals surface area contributed by atoms with E-state index in [2.05, 4.69) is 16.9 Å². The third-order valence-corrected chi connectivity index (χ3v) is 7.56. The first kappa shape index (κ1) is 26.3. The van der Waals surface area contributed by atoms with Crippen LogP contribution in [-0.2, 0) is 16.9 Å². The van der Waals surface area contributed by atoms with Crippen LogP contribution in [0.3, 0.4) is 0 Å².